The molecule has 0 spiro atoms. The van der Waals surface area contributed by atoms with Crippen molar-refractivity contribution in [2.24, 2.45) is 10.4 Å². The van der Waals surface area contributed by atoms with Gasteiger partial charge in [0, 0.05) is 23.6 Å². The van der Waals surface area contributed by atoms with Crippen molar-refractivity contribution in [3.05, 3.63) is 41.3 Å². The Hall–Kier alpha value is -1.57. The first-order valence-electron chi connectivity index (χ1n) is 6.07. The highest BCUT2D eigenvalue weighted by atomic mass is 16.5. The topological polar surface area (TPSA) is 21.6 Å². The van der Waals surface area contributed by atoms with Crippen molar-refractivity contribution in [3.8, 4) is 5.75 Å². The molecule has 0 saturated heterocycles. The van der Waals surface area contributed by atoms with E-state index in [4.69, 9.17) is 4.74 Å². The highest BCUT2D eigenvalue weighted by Crippen LogP contribution is 2.34. The Morgan fingerprint density at radius 1 is 1.18 bits per heavy atom. The summed E-state index contributed by atoms with van der Waals surface area (Å²) in [5.74, 6) is 1.87. The lowest BCUT2D eigenvalue weighted by Gasteiger charge is -2.21. The minimum atomic E-state index is 0.00386. The Balaban J connectivity index is 2.51. The maximum Gasteiger partial charge on any atom is 0.135 e. The zero-order chi connectivity index (χ0) is 12.5. The van der Waals surface area contributed by atoms with Crippen LogP contribution in [0.3, 0.4) is 0 Å². The molecule has 0 aromatic heterocycles. The van der Waals surface area contributed by atoms with E-state index in [1.54, 1.807) is 0 Å². The zero-order valence-corrected chi connectivity index (χ0v) is 10.9. The van der Waals surface area contributed by atoms with E-state index in [0.29, 0.717) is 0 Å². The molecule has 0 radical (unpaired) electrons. The van der Waals surface area contributed by atoms with Gasteiger partial charge in [-0.3, -0.25) is 4.99 Å². The molecule has 2 nitrogen and oxygen atoms in total. The van der Waals surface area contributed by atoms with Gasteiger partial charge in [-0.05, 0) is 12.1 Å². The van der Waals surface area contributed by atoms with Crippen molar-refractivity contribution in [1.82, 2.24) is 0 Å². The third kappa shape index (κ3) is 2.41. The Morgan fingerprint density at radius 3 is 2.53 bits per heavy atom. The van der Waals surface area contributed by atoms with Crippen LogP contribution < -0.4 is 4.74 Å². The first kappa shape index (κ1) is 11.9. The molecule has 0 fully saturated rings. The molecule has 90 valence electrons. The molecule has 1 heterocycles. The smallest absolute Gasteiger partial charge is 0.135 e. The quantitative estimate of drug-likeness (QED) is 0.708. The molecule has 0 bridgehead atoms. The van der Waals surface area contributed by atoms with E-state index < -0.39 is 0 Å². The molecule has 0 aliphatic carbocycles. The second kappa shape index (κ2) is 4.36. The van der Waals surface area contributed by atoms with E-state index in [2.05, 4.69) is 32.7 Å². The Morgan fingerprint density at radius 2 is 1.88 bits per heavy atom. The highest BCUT2D eigenvalue weighted by molar-refractivity contribution is 5.85. The van der Waals surface area contributed by atoms with E-state index in [0.717, 1.165) is 29.2 Å². The second-order valence-corrected chi connectivity index (χ2v) is 5.27. The lowest BCUT2D eigenvalue weighted by Crippen LogP contribution is -2.12. The van der Waals surface area contributed by atoms with Gasteiger partial charge in [0.15, 0.2) is 0 Å². The fourth-order valence-corrected chi connectivity index (χ4v) is 1.92. The molecule has 1 aromatic rings. The third-order valence-corrected chi connectivity index (χ3v) is 2.78. The van der Waals surface area contributed by atoms with Gasteiger partial charge in [-0.2, -0.15) is 0 Å². The fraction of sp³-hybridized carbons (Fsp3) is 0.400. The number of hydrogen-bond acceptors (Lipinski definition) is 2. The molecule has 0 N–H and O–H groups in total. The van der Waals surface area contributed by atoms with Crippen molar-refractivity contribution >= 4 is 6.21 Å². The van der Waals surface area contributed by atoms with Gasteiger partial charge in [0.05, 0.1) is 5.70 Å². The summed E-state index contributed by atoms with van der Waals surface area (Å²) < 4.78 is 6.00. The molecule has 1 aliphatic heterocycles. The van der Waals surface area contributed by atoms with Gasteiger partial charge in [-0.25, -0.2) is 0 Å². The van der Waals surface area contributed by atoms with Crippen molar-refractivity contribution in [2.45, 2.75) is 34.1 Å². The van der Waals surface area contributed by atoms with E-state index in [9.17, 15) is 0 Å². The minimum absolute atomic E-state index is 0.00386. The number of aliphatic imine (C=N–C) groups is 1. The summed E-state index contributed by atoms with van der Waals surface area (Å²) in [6.07, 6.45) is 2.76. The Labute approximate surface area is 103 Å². The van der Waals surface area contributed by atoms with Gasteiger partial charge in [0.1, 0.15) is 11.5 Å². The fourth-order valence-electron chi connectivity index (χ4n) is 1.92. The maximum atomic E-state index is 6.00. The number of para-hydroxylation sites is 1. The van der Waals surface area contributed by atoms with Crippen LogP contribution in [0.4, 0.5) is 0 Å². The minimum Gasteiger partial charge on any atom is -0.459 e. The molecule has 2 rings (SSSR count). The molecular formula is C15H19NO. The summed E-state index contributed by atoms with van der Waals surface area (Å²) in [5.41, 5.74) is 2.08. The molecule has 17 heavy (non-hydrogen) atoms. The molecule has 1 aromatic carbocycles. The lowest BCUT2D eigenvalue weighted by atomic mass is 9.91. The monoisotopic (exact) mass is 229 g/mol. The number of ether oxygens (including phenoxy) is 1. The number of hydrogen-bond donors (Lipinski definition) is 0. The van der Waals surface area contributed by atoms with Crippen molar-refractivity contribution < 1.29 is 4.74 Å². The van der Waals surface area contributed by atoms with Gasteiger partial charge in [0.2, 0.25) is 0 Å². The predicted molar refractivity (Wildman–Crippen MR) is 71.4 cm³/mol. The van der Waals surface area contributed by atoms with Crippen molar-refractivity contribution in [1.29, 1.82) is 0 Å². The van der Waals surface area contributed by atoms with Crippen LogP contribution in [0.2, 0.25) is 0 Å². The van der Waals surface area contributed by atoms with E-state index in [1.165, 1.54) is 0 Å². The maximum absolute atomic E-state index is 6.00. The molecule has 2 heteroatoms. The summed E-state index contributed by atoms with van der Waals surface area (Å²) >= 11 is 0. The van der Waals surface area contributed by atoms with Crippen LogP contribution in [0.15, 0.2) is 40.7 Å². The van der Waals surface area contributed by atoms with Crippen LogP contribution in [0.5, 0.6) is 5.75 Å². The average molecular weight is 229 g/mol. The number of fused-ring (bicyclic) bond motifs is 1. The number of nitrogens with zero attached hydrogens (tertiary/aromatic N) is 1. The molecule has 0 atom stereocenters. The van der Waals surface area contributed by atoms with E-state index in [1.807, 2.05) is 30.5 Å². The number of rotatable bonds is 1. The zero-order valence-electron chi connectivity index (χ0n) is 10.9. The van der Waals surface area contributed by atoms with Crippen LogP contribution in [0, 0.1) is 5.41 Å². The van der Waals surface area contributed by atoms with Gasteiger partial charge >= 0.3 is 0 Å². The van der Waals surface area contributed by atoms with Crippen LogP contribution in [-0.2, 0) is 0 Å². The lowest BCUT2D eigenvalue weighted by molar-refractivity contribution is 0.373. The SMILES string of the molecule is CCC1=C(C(C)(C)C)N=Cc2ccccc2O1. The molecule has 1 aliphatic rings. The number of allylic oxidation sites excluding steroid dienone is 2. The standard InChI is InChI=1S/C15H19NO/c1-5-12-14(15(2,3)4)16-10-11-8-6-7-9-13(11)17-12/h6-10H,5H2,1-4H3. The third-order valence-electron chi connectivity index (χ3n) is 2.78. The van der Waals surface area contributed by atoms with Crippen molar-refractivity contribution in [2.75, 3.05) is 0 Å². The van der Waals surface area contributed by atoms with Crippen molar-refractivity contribution in [3.63, 3.8) is 0 Å². The van der Waals surface area contributed by atoms with E-state index >= 15 is 0 Å². The summed E-state index contributed by atoms with van der Waals surface area (Å²) in [6.45, 7) is 8.59. The first-order chi connectivity index (χ1) is 8.02. The van der Waals surface area contributed by atoms with Crippen LogP contribution in [0.25, 0.3) is 0 Å². The van der Waals surface area contributed by atoms with Gasteiger partial charge in [0.25, 0.3) is 0 Å². The van der Waals surface area contributed by atoms with Crippen LogP contribution in [-0.4, -0.2) is 6.21 Å². The van der Waals surface area contributed by atoms with Crippen LogP contribution in [0.1, 0.15) is 39.7 Å². The molecule has 0 unspecified atom stereocenters. The Kier molecular flexibility index (Phi) is 3.05. The summed E-state index contributed by atoms with van der Waals surface area (Å²) in [7, 11) is 0. The first-order valence-corrected chi connectivity index (χ1v) is 6.07. The predicted octanol–water partition coefficient (Wildman–Crippen LogP) is 4.17. The summed E-state index contributed by atoms with van der Waals surface area (Å²) in [4.78, 5) is 4.62. The van der Waals surface area contributed by atoms with Crippen LogP contribution >= 0.6 is 0 Å². The summed E-state index contributed by atoms with van der Waals surface area (Å²) in [6, 6.07) is 8.00. The number of benzene rings is 1. The molecule has 0 amide bonds. The second-order valence-electron chi connectivity index (χ2n) is 5.27. The average Bonchev–Trinajstić information content (AvgIpc) is 2.46. The highest BCUT2D eigenvalue weighted by Gasteiger charge is 2.23. The van der Waals surface area contributed by atoms with E-state index in [-0.39, 0.29) is 5.41 Å². The van der Waals surface area contributed by atoms with Gasteiger partial charge < -0.3 is 4.74 Å². The Bertz CT molecular complexity index is 478. The summed E-state index contributed by atoms with van der Waals surface area (Å²) in [5, 5.41) is 0. The normalized spacial score (nSPS) is 15.3. The molecular weight excluding hydrogens is 210 g/mol. The van der Waals surface area contributed by atoms with Gasteiger partial charge in [-0.15, -0.1) is 0 Å². The largest absolute Gasteiger partial charge is 0.459 e. The van der Waals surface area contributed by atoms with Gasteiger partial charge in [-0.1, -0.05) is 39.8 Å². The molecule has 0 saturated carbocycles.